The molecule has 0 saturated heterocycles. The number of para-hydroxylation sites is 1. The fourth-order valence-electron chi connectivity index (χ4n) is 1.81. The SMILES string of the molecule is CCc1cccc2c1NCC(C)C(=O)N2. The summed E-state index contributed by atoms with van der Waals surface area (Å²) in [6.45, 7) is 4.75. The van der Waals surface area contributed by atoms with Gasteiger partial charge in [0.15, 0.2) is 0 Å². The molecule has 2 rings (SSSR count). The van der Waals surface area contributed by atoms with Crippen molar-refractivity contribution in [1.82, 2.24) is 0 Å². The van der Waals surface area contributed by atoms with Crippen molar-refractivity contribution >= 4 is 17.3 Å². The average Bonchev–Trinajstić information content (AvgIpc) is 2.39. The number of nitrogens with one attached hydrogen (secondary N) is 2. The minimum Gasteiger partial charge on any atom is -0.382 e. The lowest BCUT2D eigenvalue weighted by atomic mass is 10.1. The molecule has 0 aromatic heterocycles. The van der Waals surface area contributed by atoms with Crippen LogP contribution in [-0.2, 0) is 11.2 Å². The van der Waals surface area contributed by atoms with Crippen LogP contribution in [0.5, 0.6) is 0 Å². The minimum atomic E-state index is 0.0158. The van der Waals surface area contributed by atoms with E-state index < -0.39 is 0 Å². The van der Waals surface area contributed by atoms with Gasteiger partial charge in [0.1, 0.15) is 0 Å². The Morgan fingerprint density at radius 3 is 3.00 bits per heavy atom. The molecule has 1 unspecified atom stereocenters. The van der Waals surface area contributed by atoms with Gasteiger partial charge in [-0.1, -0.05) is 26.0 Å². The third kappa shape index (κ3) is 1.82. The highest BCUT2D eigenvalue weighted by atomic mass is 16.1. The van der Waals surface area contributed by atoms with Gasteiger partial charge in [0, 0.05) is 6.54 Å². The summed E-state index contributed by atoms with van der Waals surface area (Å²) in [7, 11) is 0. The Balaban J connectivity index is 2.42. The maximum Gasteiger partial charge on any atom is 0.229 e. The molecule has 0 bridgehead atoms. The van der Waals surface area contributed by atoms with Crippen LogP contribution in [0.4, 0.5) is 11.4 Å². The van der Waals surface area contributed by atoms with Crippen molar-refractivity contribution in [1.29, 1.82) is 0 Å². The van der Waals surface area contributed by atoms with Gasteiger partial charge in [-0.2, -0.15) is 0 Å². The second-order valence-corrected chi connectivity index (χ2v) is 3.96. The van der Waals surface area contributed by atoms with Crippen molar-refractivity contribution in [2.45, 2.75) is 20.3 Å². The maximum atomic E-state index is 11.6. The van der Waals surface area contributed by atoms with Crippen molar-refractivity contribution in [2.75, 3.05) is 17.2 Å². The molecule has 1 aliphatic rings. The van der Waals surface area contributed by atoms with Crippen molar-refractivity contribution < 1.29 is 4.79 Å². The summed E-state index contributed by atoms with van der Waals surface area (Å²) in [5.74, 6) is 0.108. The zero-order chi connectivity index (χ0) is 10.8. The van der Waals surface area contributed by atoms with E-state index in [0.717, 1.165) is 17.8 Å². The summed E-state index contributed by atoms with van der Waals surface area (Å²) >= 11 is 0. The predicted molar refractivity (Wildman–Crippen MR) is 62.1 cm³/mol. The predicted octanol–water partition coefficient (Wildman–Crippen LogP) is 2.25. The first kappa shape index (κ1) is 10.0. The number of hydrogen-bond acceptors (Lipinski definition) is 2. The van der Waals surface area contributed by atoms with Gasteiger partial charge in [0.25, 0.3) is 0 Å². The normalized spacial score (nSPS) is 19.9. The first-order valence-corrected chi connectivity index (χ1v) is 5.39. The van der Waals surface area contributed by atoms with Gasteiger partial charge in [-0.25, -0.2) is 0 Å². The minimum absolute atomic E-state index is 0.0158. The van der Waals surface area contributed by atoms with Crippen LogP contribution in [0.3, 0.4) is 0 Å². The zero-order valence-corrected chi connectivity index (χ0v) is 9.13. The van der Waals surface area contributed by atoms with Gasteiger partial charge in [0.05, 0.1) is 17.3 Å². The molecule has 1 heterocycles. The van der Waals surface area contributed by atoms with E-state index in [0.29, 0.717) is 6.54 Å². The van der Waals surface area contributed by atoms with E-state index in [9.17, 15) is 4.79 Å². The molecule has 15 heavy (non-hydrogen) atoms. The molecule has 80 valence electrons. The molecule has 1 atom stereocenters. The third-order valence-electron chi connectivity index (χ3n) is 2.82. The first-order valence-electron chi connectivity index (χ1n) is 5.39. The molecule has 3 nitrogen and oxygen atoms in total. The number of amides is 1. The monoisotopic (exact) mass is 204 g/mol. The number of benzene rings is 1. The van der Waals surface area contributed by atoms with E-state index in [4.69, 9.17) is 0 Å². The molecule has 0 spiro atoms. The molecule has 0 radical (unpaired) electrons. The molecule has 1 aliphatic heterocycles. The number of carbonyl (C=O) groups is 1. The van der Waals surface area contributed by atoms with Crippen molar-refractivity contribution in [3.8, 4) is 0 Å². The van der Waals surface area contributed by atoms with Crippen LogP contribution in [0.15, 0.2) is 18.2 Å². The lowest BCUT2D eigenvalue weighted by Crippen LogP contribution is -2.22. The van der Waals surface area contributed by atoms with E-state index in [1.807, 2.05) is 19.1 Å². The van der Waals surface area contributed by atoms with E-state index in [-0.39, 0.29) is 11.8 Å². The standard InChI is InChI=1S/C12H16N2O/c1-3-9-5-4-6-10-11(9)13-7-8(2)12(15)14-10/h4-6,8,13H,3,7H2,1-2H3,(H,14,15). The summed E-state index contributed by atoms with van der Waals surface area (Å²) in [5, 5.41) is 6.29. The van der Waals surface area contributed by atoms with Crippen LogP contribution in [0.2, 0.25) is 0 Å². The fourth-order valence-corrected chi connectivity index (χ4v) is 1.81. The van der Waals surface area contributed by atoms with Crippen LogP contribution < -0.4 is 10.6 Å². The quantitative estimate of drug-likeness (QED) is 0.736. The van der Waals surface area contributed by atoms with Gasteiger partial charge in [-0.05, 0) is 18.1 Å². The van der Waals surface area contributed by atoms with Gasteiger partial charge >= 0.3 is 0 Å². The number of rotatable bonds is 1. The van der Waals surface area contributed by atoms with Crippen LogP contribution in [0.25, 0.3) is 0 Å². The van der Waals surface area contributed by atoms with E-state index in [1.54, 1.807) is 0 Å². The molecule has 1 amide bonds. The topological polar surface area (TPSA) is 41.1 Å². The first-order chi connectivity index (χ1) is 7.22. The molecule has 1 aromatic carbocycles. The second-order valence-electron chi connectivity index (χ2n) is 3.96. The molecule has 3 heteroatoms. The third-order valence-corrected chi connectivity index (χ3v) is 2.82. The Hall–Kier alpha value is -1.51. The van der Waals surface area contributed by atoms with Crippen LogP contribution in [0, 0.1) is 5.92 Å². The lowest BCUT2D eigenvalue weighted by Gasteiger charge is -2.11. The number of carbonyl (C=O) groups excluding carboxylic acids is 1. The Labute approximate surface area is 89.9 Å². The van der Waals surface area contributed by atoms with E-state index in [1.165, 1.54) is 5.56 Å². The smallest absolute Gasteiger partial charge is 0.229 e. The largest absolute Gasteiger partial charge is 0.382 e. The summed E-state index contributed by atoms with van der Waals surface area (Å²) in [6, 6.07) is 6.01. The number of aryl methyl sites for hydroxylation is 1. The highest BCUT2D eigenvalue weighted by molar-refractivity contribution is 5.97. The van der Waals surface area contributed by atoms with Crippen LogP contribution >= 0.6 is 0 Å². The molecular formula is C12H16N2O. The van der Waals surface area contributed by atoms with Crippen molar-refractivity contribution in [3.63, 3.8) is 0 Å². The Morgan fingerprint density at radius 1 is 1.47 bits per heavy atom. The molecule has 1 aromatic rings. The van der Waals surface area contributed by atoms with Crippen molar-refractivity contribution in [2.24, 2.45) is 5.92 Å². The molecule has 0 fully saturated rings. The van der Waals surface area contributed by atoms with E-state index in [2.05, 4.69) is 23.6 Å². The van der Waals surface area contributed by atoms with E-state index >= 15 is 0 Å². The second kappa shape index (κ2) is 3.93. The summed E-state index contributed by atoms with van der Waals surface area (Å²) < 4.78 is 0. The molecular weight excluding hydrogens is 188 g/mol. The van der Waals surface area contributed by atoms with Crippen LogP contribution in [-0.4, -0.2) is 12.5 Å². The molecule has 0 aliphatic carbocycles. The van der Waals surface area contributed by atoms with Gasteiger partial charge in [-0.3, -0.25) is 4.79 Å². The van der Waals surface area contributed by atoms with Gasteiger partial charge < -0.3 is 10.6 Å². The summed E-state index contributed by atoms with van der Waals surface area (Å²) in [6.07, 6.45) is 0.973. The fraction of sp³-hybridized carbons (Fsp3) is 0.417. The van der Waals surface area contributed by atoms with Gasteiger partial charge in [-0.15, -0.1) is 0 Å². The average molecular weight is 204 g/mol. The highest BCUT2D eigenvalue weighted by Crippen LogP contribution is 2.29. The van der Waals surface area contributed by atoms with Crippen molar-refractivity contribution in [3.05, 3.63) is 23.8 Å². The molecule has 2 N–H and O–H groups in total. The summed E-state index contributed by atoms with van der Waals surface area (Å²) in [4.78, 5) is 11.6. The lowest BCUT2D eigenvalue weighted by molar-refractivity contribution is -0.118. The maximum absolute atomic E-state index is 11.6. The number of fused-ring (bicyclic) bond motifs is 1. The Morgan fingerprint density at radius 2 is 2.27 bits per heavy atom. The van der Waals surface area contributed by atoms with Crippen LogP contribution in [0.1, 0.15) is 19.4 Å². The Kier molecular flexibility index (Phi) is 2.62. The zero-order valence-electron chi connectivity index (χ0n) is 9.13. The number of hydrogen-bond donors (Lipinski definition) is 2. The van der Waals surface area contributed by atoms with Gasteiger partial charge in [0.2, 0.25) is 5.91 Å². The molecule has 0 saturated carbocycles. The summed E-state index contributed by atoms with van der Waals surface area (Å²) in [5.41, 5.74) is 3.24. The Bertz CT molecular complexity index is 387. The highest BCUT2D eigenvalue weighted by Gasteiger charge is 2.20. The number of anilines is 2.